The van der Waals surface area contributed by atoms with Gasteiger partial charge in [0.25, 0.3) is 11.8 Å². The molecule has 1 atom stereocenters. The number of halogens is 2. The van der Waals surface area contributed by atoms with Gasteiger partial charge in [-0.2, -0.15) is 0 Å². The molecule has 4 rings (SSSR count). The van der Waals surface area contributed by atoms with E-state index in [1.807, 2.05) is 0 Å². The van der Waals surface area contributed by atoms with Gasteiger partial charge in [-0.25, -0.2) is 8.78 Å². The highest BCUT2D eigenvalue weighted by Crippen LogP contribution is 2.30. The van der Waals surface area contributed by atoms with Gasteiger partial charge in [-0.05, 0) is 55.3 Å². The van der Waals surface area contributed by atoms with Crippen LogP contribution >= 0.6 is 11.3 Å². The van der Waals surface area contributed by atoms with Crippen LogP contribution in [0.25, 0.3) is 0 Å². The van der Waals surface area contributed by atoms with E-state index in [1.165, 1.54) is 53.8 Å². The molecule has 9 heteroatoms. The number of carbonyl (C=O) groups excluding carboxylic acids is 2. The Morgan fingerprint density at radius 2 is 1.87 bits per heavy atom. The van der Waals surface area contributed by atoms with Gasteiger partial charge >= 0.3 is 0 Å². The van der Waals surface area contributed by atoms with Crippen molar-refractivity contribution in [1.82, 2.24) is 15.1 Å². The number of likely N-dealkylation sites (tertiary alicyclic amines) is 1. The van der Waals surface area contributed by atoms with Gasteiger partial charge in [0.2, 0.25) is 5.01 Å². The second kappa shape index (κ2) is 8.66. The molecule has 2 heterocycles. The first kappa shape index (κ1) is 20.1. The van der Waals surface area contributed by atoms with Crippen LogP contribution in [0.4, 0.5) is 14.5 Å². The van der Waals surface area contributed by atoms with Crippen LogP contribution in [-0.2, 0) is 0 Å². The van der Waals surface area contributed by atoms with Crippen LogP contribution < -0.4 is 5.32 Å². The minimum Gasteiger partial charge on any atom is -0.338 e. The third-order valence-electron chi connectivity index (χ3n) is 4.87. The number of anilines is 1. The Kier molecular flexibility index (Phi) is 5.80. The van der Waals surface area contributed by atoms with E-state index in [-0.39, 0.29) is 22.6 Å². The van der Waals surface area contributed by atoms with E-state index >= 15 is 0 Å². The van der Waals surface area contributed by atoms with Crippen molar-refractivity contribution >= 4 is 28.8 Å². The van der Waals surface area contributed by atoms with Crippen molar-refractivity contribution in [1.29, 1.82) is 0 Å². The second-order valence-corrected chi connectivity index (χ2v) is 8.02. The summed E-state index contributed by atoms with van der Waals surface area (Å²) in [5.41, 5.74) is 0.773. The predicted octanol–water partition coefficient (Wildman–Crippen LogP) is 4.09. The minimum atomic E-state index is -0.449. The number of piperidine rings is 1. The maximum absolute atomic E-state index is 13.4. The zero-order valence-electron chi connectivity index (χ0n) is 15.8. The first-order valence-electron chi connectivity index (χ1n) is 9.45. The highest BCUT2D eigenvalue weighted by molar-refractivity contribution is 7.13. The van der Waals surface area contributed by atoms with Gasteiger partial charge < -0.3 is 10.2 Å². The molecule has 1 saturated heterocycles. The lowest BCUT2D eigenvalue weighted by molar-refractivity contribution is 0.0706. The normalized spacial score (nSPS) is 16.3. The van der Waals surface area contributed by atoms with E-state index in [9.17, 15) is 18.4 Å². The van der Waals surface area contributed by atoms with Crippen molar-refractivity contribution in [3.05, 3.63) is 75.7 Å². The summed E-state index contributed by atoms with van der Waals surface area (Å²) in [5, 5.41) is 11.7. The lowest BCUT2D eigenvalue weighted by Gasteiger charge is -2.31. The third kappa shape index (κ3) is 4.51. The van der Waals surface area contributed by atoms with Crippen molar-refractivity contribution in [2.45, 2.75) is 18.8 Å². The highest BCUT2D eigenvalue weighted by Gasteiger charge is 2.28. The molecular formula is C21H18F2N4O2S. The molecule has 154 valence electrons. The standard InChI is InChI=1S/C21H18F2N4O2S/c22-15-6-8-17(9-7-15)24-18(28)20-26-25-19(30-20)14-4-2-10-27(12-14)21(29)13-3-1-5-16(23)11-13/h1,3,5-9,11,14H,2,4,10,12H2,(H,24,28)/t14-/m0/s1. The Morgan fingerprint density at radius 3 is 2.63 bits per heavy atom. The van der Waals surface area contributed by atoms with Crippen LogP contribution in [0.1, 0.15) is 43.9 Å². The molecular weight excluding hydrogens is 410 g/mol. The first-order valence-corrected chi connectivity index (χ1v) is 10.3. The zero-order chi connectivity index (χ0) is 21.1. The predicted molar refractivity (Wildman–Crippen MR) is 109 cm³/mol. The Bertz CT molecular complexity index is 1070. The maximum atomic E-state index is 13.4. The van der Waals surface area contributed by atoms with E-state index in [0.29, 0.717) is 29.3 Å². The number of nitrogens with one attached hydrogen (secondary N) is 1. The average molecular weight is 428 g/mol. The van der Waals surface area contributed by atoms with E-state index < -0.39 is 11.7 Å². The van der Waals surface area contributed by atoms with Crippen LogP contribution in [0, 0.1) is 11.6 Å². The number of hydrogen-bond acceptors (Lipinski definition) is 5. The first-order chi connectivity index (χ1) is 14.5. The zero-order valence-corrected chi connectivity index (χ0v) is 16.7. The lowest BCUT2D eigenvalue weighted by atomic mass is 9.98. The quantitative estimate of drug-likeness (QED) is 0.679. The van der Waals surface area contributed by atoms with Gasteiger partial charge in [-0.3, -0.25) is 9.59 Å². The average Bonchev–Trinajstić information content (AvgIpc) is 3.25. The minimum absolute atomic E-state index is 0.0406. The van der Waals surface area contributed by atoms with Gasteiger partial charge in [0.05, 0.1) is 0 Å². The van der Waals surface area contributed by atoms with Crippen molar-refractivity contribution in [2.75, 3.05) is 18.4 Å². The Labute approximate surface area is 175 Å². The summed E-state index contributed by atoms with van der Waals surface area (Å²) in [6, 6.07) is 11.1. The van der Waals surface area contributed by atoms with Crippen molar-refractivity contribution in [3.63, 3.8) is 0 Å². The molecule has 1 fully saturated rings. The molecule has 0 radical (unpaired) electrons. The van der Waals surface area contributed by atoms with Crippen molar-refractivity contribution < 1.29 is 18.4 Å². The Morgan fingerprint density at radius 1 is 1.07 bits per heavy atom. The molecule has 0 aliphatic carbocycles. The van der Waals surface area contributed by atoms with Gasteiger partial charge in [0, 0.05) is 30.3 Å². The fourth-order valence-electron chi connectivity index (χ4n) is 3.38. The highest BCUT2D eigenvalue weighted by atomic mass is 32.1. The fraction of sp³-hybridized carbons (Fsp3) is 0.238. The molecule has 1 aliphatic heterocycles. The molecule has 0 saturated carbocycles. The summed E-state index contributed by atoms with van der Waals surface area (Å²) in [6.45, 7) is 1.02. The summed E-state index contributed by atoms with van der Waals surface area (Å²) in [5.74, 6) is -1.52. The number of benzene rings is 2. The van der Waals surface area contributed by atoms with Crippen LogP contribution in [0.3, 0.4) is 0 Å². The molecule has 3 aromatic rings. The van der Waals surface area contributed by atoms with Crippen molar-refractivity contribution in [2.24, 2.45) is 0 Å². The maximum Gasteiger partial charge on any atom is 0.286 e. The van der Waals surface area contributed by atoms with Crippen LogP contribution in [0.2, 0.25) is 0 Å². The molecule has 6 nitrogen and oxygen atoms in total. The van der Waals surface area contributed by atoms with Crippen LogP contribution in [0.5, 0.6) is 0 Å². The summed E-state index contributed by atoms with van der Waals surface area (Å²) in [4.78, 5) is 26.8. The second-order valence-electron chi connectivity index (χ2n) is 7.01. The van der Waals surface area contributed by atoms with Gasteiger partial charge in [0.1, 0.15) is 16.6 Å². The molecule has 2 amide bonds. The monoisotopic (exact) mass is 428 g/mol. The largest absolute Gasteiger partial charge is 0.338 e. The molecule has 2 aromatic carbocycles. The number of aromatic nitrogens is 2. The fourth-order valence-corrected chi connectivity index (χ4v) is 4.24. The third-order valence-corrected chi connectivity index (χ3v) is 5.95. The van der Waals surface area contributed by atoms with Crippen LogP contribution in [0.15, 0.2) is 48.5 Å². The summed E-state index contributed by atoms with van der Waals surface area (Å²) in [7, 11) is 0. The lowest BCUT2D eigenvalue weighted by Crippen LogP contribution is -2.39. The van der Waals surface area contributed by atoms with Gasteiger partial charge in [0.15, 0.2) is 0 Å². The summed E-state index contributed by atoms with van der Waals surface area (Å²) >= 11 is 1.18. The summed E-state index contributed by atoms with van der Waals surface area (Å²) < 4.78 is 26.4. The topological polar surface area (TPSA) is 75.2 Å². The molecule has 1 aliphatic rings. The molecule has 0 bridgehead atoms. The number of rotatable bonds is 4. The number of hydrogen-bond donors (Lipinski definition) is 1. The van der Waals surface area contributed by atoms with Gasteiger partial charge in [-0.15, -0.1) is 10.2 Å². The van der Waals surface area contributed by atoms with E-state index in [1.54, 1.807) is 11.0 Å². The van der Waals surface area contributed by atoms with E-state index in [2.05, 4.69) is 15.5 Å². The Balaban J connectivity index is 1.43. The molecule has 1 N–H and O–H groups in total. The SMILES string of the molecule is O=C(Nc1ccc(F)cc1)c1nnc([C@H]2CCCN(C(=O)c3cccc(F)c3)C2)s1. The molecule has 0 spiro atoms. The molecule has 0 unspecified atom stereocenters. The number of nitrogens with zero attached hydrogens (tertiary/aromatic N) is 3. The Hall–Kier alpha value is -3.20. The molecule has 1 aromatic heterocycles. The molecule has 30 heavy (non-hydrogen) atoms. The van der Waals surface area contributed by atoms with E-state index in [0.717, 1.165) is 12.8 Å². The summed E-state index contributed by atoms with van der Waals surface area (Å²) in [6.07, 6.45) is 1.60. The number of amides is 2. The van der Waals surface area contributed by atoms with E-state index in [4.69, 9.17) is 0 Å². The van der Waals surface area contributed by atoms with Crippen LogP contribution in [-0.4, -0.2) is 40.0 Å². The van der Waals surface area contributed by atoms with Crippen molar-refractivity contribution in [3.8, 4) is 0 Å². The number of carbonyl (C=O) groups is 2. The smallest absolute Gasteiger partial charge is 0.286 e. The van der Waals surface area contributed by atoms with Gasteiger partial charge in [-0.1, -0.05) is 17.4 Å².